The highest BCUT2D eigenvalue weighted by Crippen LogP contribution is 2.18. The molecule has 2 rings (SSSR count). The third-order valence-corrected chi connectivity index (χ3v) is 3.63. The number of hydrogen-bond donors (Lipinski definition) is 2. The first-order chi connectivity index (χ1) is 12.0. The molecule has 0 saturated heterocycles. The second-order valence-corrected chi connectivity index (χ2v) is 6.28. The van der Waals surface area contributed by atoms with E-state index < -0.39 is 0 Å². The van der Waals surface area contributed by atoms with E-state index in [1.165, 1.54) is 0 Å². The molecule has 0 aliphatic heterocycles. The summed E-state index contributed by atoms with van der Waals surface area (Å²) < 4.78 is 5.36. The summed E-state index contributed by atoms with van der Waals surface area (Å²) in [4.78, 5) is 20.8. The van der Waals surface area contributed by atoms with Crippen LogP contribution < -0.4 is 15.4 Å². The van der Waals surface area contributed by atoms with Crippen LogP contribution in [0.1, 0.15) is 35.7 Å². The molecule has 0 radical (unpaired) electrons. The Morgan fingerprint density at radius 2 is 2.00 bits per heavy atom. The molecule has 6 nitrogen and oxygen atoms in total. The quantitative estimate of drug-likeness (QED) is 0.771. The summed E-state index contributed by atoms with van der Waals surface area (Å²) in [7, 11) is 1.67. The zero-order chi connectivity index (χ0) is 18.2. The molecule has 134 valence electrons. The number of carbonyl (C=O) groups excluding carboxylic acids is 1. The number of benzene rings is 1. The third-order valence-electron chi connectivity index (χ3n) is 3.63. The highest BCUT2D eigenvalue weighted by atomic mass is 16.5. The number of hydrogen-bond acceptors (Lipinski definition) is 5. The first-order valence-corrected chi connectivity index (χ1v) is 8.49. The molecule has 0 atom stereocenters. The van der Waals surface area contributed by atoms with Gasteiger partial charge in [0, 0.05) is 19.2 Å². The van der Waals surface area contributed by atoms with Crippen molar-refractivity contribution < 1.29 is 9.53 Å². The zero-order valence-electron chi connectivity index (χ0n) is 15.3. The minimum atomic E-state index is -0.174. The number of anilines is 1. The smallest absolute Gasteiger partial charge is 0.270 e. The molecule has 2 N–H and O–H groups in total. The lowest BCUT2D eigenvalue weighted by molar-refractivity contribution is 0.0943. The van der Waals surface area contributed by atoms with Gasteiger partial charge in [-0.15, -0.1) is 0 Å². The predicted molar refractivity (Wildman–Crippen MR) is 99.1 cm³/mol. The molecule has 0 unspecified atom stereocenters. The standard InChI is InChI=1S/C19H26N4O2/c1-13(2)12-21-19(24)16-11-18(23-14(3)22-16)20-10-9-15-7-5-6-8-17(15)25-4/h5-8,11,13H,9-10,12H2,1-4H3,(H,21,24)(H,20,22,23). The molecule has 0 fully saturated rings. The van der Waals surface area contributed by atoms with E-state index in [-0.39, 0.29) is 5.91 Å². The van der Waals surface area contributed by atoms with Crippen molar-refractivity contribution in [2.45, 2.75) is 27.2 Å². The molecule has 25 heavy (non-hydrogen) atoms. The summed E-state index contributed by atoms with van der Waals surface area (Å²) in [5.74, 6) is 2.31. The average molecular weight is 342 g/mol. The number of ether oxygens (including phenoxy) is 1. The van der Waals surface area contributed by atoms with E-state index in [0.29, 0.717) is 36.3 Å². The number of rotatable bonds is 8. The monoisotopic (exact) mass is 342 g/mol. The van der Waals surface area contributed by atoms with Crippen LogP contribution in [-0.2, 0) is 6.42 Å². The van der Waals surface area contributed by atoms with Crippen molar-refractivity contribution in [3.63, 3.8) is 0 Å². The highest BCUT2D eigenvalue weighted by Gasteiger charge is 2.11. The van der Waals surface area contributed by atoms with Crippen LogP contribution in [0, 0.1) is 12.8 Å². The number of aryl methyl sites for hydroxylation is 1. The van der Waals surface area contributed by atoms with Gasteiger partial charge in [-0.25, -0.2) is 9.97 Å². The number of amides is 1. The number of nitrogens with one attached hydrogen (secondary N) is 2. The lowest BCUT2D eigenvalue weighted by Gasteiger charge is -2.11. The Labute approximate surface area is 149 Å². The maximum Gasteiger partial charge on any atom is 0.270 e. The number of aromatic nitrogens is 2. The van der Waals surface area contributed by atoms with Crippen LogP contribution in [0.5, 0.6) is 5.75 Å². The zero-order valence-corrected chi connectivity index (χ0v) is 15.3. The minimum absolute atomic E-state index is 0.174. The van der Waals surface area contributed by atoms with Crippen LogP contribution in [0.4, 0.5) is 5.82 Å². The Hall–Kier alpha value is -2.63. The fraction of sp³-hybridized carbons (Fsp3) is 0.421. The molecule has 2 aromatic rings. The minimum Gasteiger partial charge on any atom is -0.496 e. The summed E-state index contributed by atoms with van der Waals surface area (Å²) >= 11 is 0. The second kappa shape index (κ2) is 9.01. The van der Waals surface area contributed by atoms with Crippen LogP contribution in [0.25, 0.3) is 0 Å². The molecule has 1 aromatic heterocycles. The summed E-state index contributed by atoms with van der Waals surface area (Å²) in [6.45, 7) is 7.19. The third kappa shape index (κ3) is 5.74. The van der Waals surface area contributed by atoms with Crippen LogP contribution in [0.2, 0.25) is 0 Å². The summed E-state index contributed by atoms with van der Waals surface area (Å²) in [6.07, 6.45) is 0.794. The number of nitrogens with zero attached hydrogens (tertiary/aromatic N) is 2. The molecular weight excluding hydrogens is 316 g/mol. The Balaban J connectivity index is 1.99. The molecule has 1 aromatic carbocycles. The van der Waals surface area contributed by atoms with Gasteiger partial charge in [0.05, 0.1) is 7.11 Å². The van der Waals surface area contributed by atoms with E-state index in [4.69, 9.17) is 4.74 Å². The maximum atomic E-state index is 12.2. The normalized spacial score (nSPS) is 10.6. The molecule has 0 bridgehead atoms. The van der Waals surface area contributed by atoms with Gasteiger partial charge in [0.1, 0.15) is 23.1 Å². The number of para-hydroxylation sites is 1. The summed E-state index contributed by atoms with van der Waals surface area (Å²) in [5.41, 5.74) is 1.51. The lowest BCUT2D eigenvalue weighted by Crippen LogP contribution is -2.28. The van der Waals surface area contributed by atoms with E-state index >= 15 is 0 Å². The first kappa shape index (κ1) is 18.7. The number of carbonyl (C=O) groups is 1. The van der Waals surface area contributed by atoms with Crippen LogP contribution >= 0.6 is 0 Å². The van der Waals surface area contributed by atoms with E-state index in [0.717, 1.165) is 17.7 Å². The van der Waals surface area contributed by atoms with Gasteiger partial charge < -0.3 is 15.4 Å². The lowest BCUT2D eigenvalue weighted by atomic mass is 10.1. The van der Waals surface area contributed by atoms with Gasteiger partial charge in [0.15, 0.2) is 0 Å². The highest BCUT2D eigenvalue weighted by molar-refractivity contribution is 5.92. The van der Waals surface area contributed by atoms with Gasteiger partial charge in [0.2, 0.25) is 0 Å². The van der Waals surface area contributed by atoms with Crippen molar-refractivity contribution in [1.82, 2.24) is 15.3 Å². The Morgan fingerprint density at radius 1 is 1.24 bits per heavy atom. The van der Waals surface area contributed by atoms with Gasteiger partial charge in [0.25, 0.3) is 5.91 Å². The molecular formula is C19H26N4O2. The first-order valence-electron chi connectivity index (χ1n) is 8.49. The van der Waals surface area contributed by atoms with E-state index in [9.17, 15) is 4.79 Å². The van der Waals surface area contributed by atoms with E-state index in [1.807, 2.05) is 24.3 Å². The summed E-state index contributed by atoms with van der Waals surface area (Å²) in [6, 6.07) is 9.61. The summed E-state index contributed by atoms with van der Waals surface area (Å²) in [5, 5.41) is 6.14. The van der Waals surface area contributed by atoms with E-state index in [2.05, 4.69) is 34.4 Å². The van der Waals surface area contributed by atoms with Crippen molar-refractivity contribution in [2.75, 3.05) is 25.5 Å². The molecule has 0 aliphatic rings. The fourth-order valence-corrected chi connectivity index (χ4v) is 2.40. The topological polar surface area (TPSA) is 76.1 Å². The van der Waals surface area contributed by atoms with E-state index in [1.54, 1.807) is 20.1 Å². The van der Waals surface area contributed by atoms with Crippen molar-refractivity contribution in [2.24, 2.45) is 5.92 Å². The van der Waals surface area contributed by atoms with Gasteiger partial charge >= 0.3 is 0 Å². The van der Waals surface area contributed by atoms with Gasteiger partial charge in [-0.05, 0) is 30.9 Å². The fourth-order valence-electron chi connectivity index (χ4n) is 2.40. The second-order valence-electron chi connectivity index (χ2n) is 6.28. The molecule has 1 amide bonds. The van der Waals surface area contributed by atoms with Crippen molar-refractivity contribution in [1.29, 1.82) is 0 Å². The molecule has 6 heteroatoms. The SMILES string of the molecule is COc1ccccc1CCNc1cc(C(=O)NCC(C)C)nc(C)n1. The van der Waals surface area contributed by atoms with Crippen LogP contribution in [0.15, 0.2) is 30.3 Å². The average Bonchev–Trinajstić information content (AvgIpc) is 2.59. The molecule has 0 spiro atoms. The van der Waals surface area contributed by atoms with Gasteiger partial charge in [-0.3, -0.25) is 4.79 Å². The van der Waals surface area contributed by atoms with Gasteiger partial charge in [-0.2, -0.15) is 0 Å². The molecule has 1 heterocycles. The molecule has 0 saturated carbocycles. The molecule has 0 aliphatic carbocycles. The Kier molecular flexibility index (Phi) is 6.74. The Morgan fingerprint density at radius 3 is 2.72 bits per heavy atom. The predicted octanol–water partition coefficient (Wildman–Crippen LogP) is 2.83. The van der Waals surface area contributed by atoms with Crippen molar-refractivity contribution in [3.8, 4) is 5.75 Å². The largest absolute Gasteiger partial charge is 0.496 e. The van der Waals surface area contributed by atoms with Crippen molar-refractivity contribution >= 4 is 11.7 Å². The number of methoxy groups -OCH3 is 1. The van der Waals surface area contributed by atoms with Crippen LogP contribution in [-0.4, -0.2) is 36.1 Å². The van der Waals surface area contributed by atoms with Crippen molar-refractivity contribution in [3.05, 3.63) is 47.4 Å². The Bertz CT molecular complexity index is 716. The van der Waals surface area contributed by atoms with Crippen LogP contribution in [0.3, 0.4) is 0 Å². The van der Waals surface area contributed by atoms with Gasteiger partial charge in [-0.1, -0.05) is 32.0 Å². The maximum absolute atomic E-state index is 12.2.